The molecule has 0 aliphatic rings. The Bertz CT molecular complexity index is 605. The standard InChI is InChI=1S/C16H20N2O2S/c1-5-20-13-8-6-12(7-9-13)15-17-14(10-21-15)16(19)18(4)11(2)3/h6-11H,5H2,1-4H3. The van der Waals surface area contributed by atoms with Gasteiger partial charge in [0, 0.05) is 24.0 Å². The summed E-state index contributed by atoms with van der Waals surface area (Å²) in [5.74, 6) is 0.798. The SMILES string of the molecule is CCOc1ccc(-c2nc(C(=O)N(C)C(C)C)cs2)cc1. The van der Waals surface area contributed by atoms with E-state index in [0.717, 1.165) is 16.3 Å². The predicted octanol–water partition coefficient (Wildman–Crippen LogP) is 3.69. The van der Waals surface area contributed by atoms with Crippen LogP contribution in [0.4, 0.5) is 0 Å². The van der Waals surface area contributed by atoms with Gasteiger partial charge < -0.3 is 9.64 Å². The van der Waals surface area contributed by atoms with Crippen LogP contribution in [0.2, 0.25) is 0 Å². The summed E-state index contributed by atoms with van der Waals surface area (Å²) in [5, 5.41) is 2.66. The number of benzene rings is 1. The number of hydrogen-bond acceptors (Lipinski definition) is 4. The monoisotopic (exact) mass is 304 g/mol. The molecule has 2 rings (SSSR count). The topological polar surface area (TPSA) is 42.4 Å². The van der Waals surface area contributed by atoms with E-state index in [0.29, 0.717) is 12.3 Å². The molecule has 0 unspecified atom stereocenters. The van der Waals surface area contributed by atoms with Crippen LogP contribution in [0.3, 0.4) is 0 Å². The van der Waals surface area contributed by atoms with E-state index in [2.05, 4.69) is 4.98 Å². The molecule has 0 saturated carbocycles. The molecule has 0 aliphatic carbocycles. The van der Waals surface area contributed by atoms with E-state index in [-0.39, 0.29) is 11.9 Å². The van der Waals surface area contributed by atoms with Gasteiger partial charge in [0.15, 0.2) is 0 Å². The maximum absolute atomic E-state index is 12.2. The smallest absolute Gasteiger partial charge is 0.273 e. The highest BCUT2D eigenvalue weighted by Gasteiger charge is 2.17. The molecule has 0 N–H and O–H groups in total. The van der Waals surface area contributed by atoms with Crippen LogP contribution in [-0.4, -0.2) is 35.5 Å². The first kappa shape index (κ1) is 15.5. The fourth-order valence-electron chi connectivity index (χ4n) is 1.78. The van der Waals surface area contributed by atoms with Gasteiger partial charge in [0.05, 0.1) is 6.61 Å². The van der Waals surface area contributed by atoms with Crippen molar-refractivity contribution >= 4 is 17.2 Å². The third-order valence-corrected chi connectivity index (χ3v) is 4.12. The molecule has 5 heteroatoms. The molecule has 1 aromatic carbocycles. The molecule has 0 spiro atoms. The molecule has 1 amide bonds. The van der Waals surface area contributed by atoms with Gasteiger partial charge in [0.2, 0.25) is 0 Å². The Morgan fingerprint density at radius 2 is 2.00 bits per heavy atom. The first-order valence-corrected chi connectivity index (χ1v) is 7.86. The summed E-state index contributed by atoms with van der Waals surface area (Å²) in [4.78, 5) is 18.4. The number of thiazole rings is 1. The Balaban J connectivity index is 2.17. The number of rotatable bonds is 5. The van der Waals surface area contributed by atoms with Crippen molar-refractivity contribution in [1.29, 1.82) is 0 Å². The number of aromatic nitrogens is 1. The number of ether oxygens (including phenoxy) is 1. The maximum Gasteiger partial charge on any atom is 0.273 e. The van der Waals surface area contributed by atoms with Crippen molar-refractivity contribution in [3.8, 4) is 16.3 Å². The molecule has 1 aromatic heterocycles. The molecule has 0 radical (unpaired) electrons. The molecule has 0 fully saturated rings. The molecular formula is C16H20N2O2S. The van der Waals surface area contributed by atoms with Crippen LogP contribution in [0.1, 0.15) is 31.3 Å². The van der Waals surface area contributed by atoms with Crippen molar-refractivity contribution in [2.24, 2.45) is 0 Å². The van der Waals surface area contributed by atoms with Crippen LogP contribution in [0.5, 0.6) is 5.75 Å². The Kier molecular flexibility index (Phi) is 4.96. The molecule has 0 saturated heterocycles. The molecule has 0 aliphatic heterocycles. The third-order valence-electron chi connectivity index (χ3n) is 3.23. The lowest BCUT2D eigenvalue weighted by Crippen LogP contribution is -2.33. The second kappa shape index (κ2) is 6.72. The minimum atomic E-state index is -0.0431. The summed E-state index contributed by atoms with van der Waals surface area (Å²) in [6, 6.07) is 7.92. The lowest BCUT2D eigenvalue weighted by Gasteiger charge is -2.19. The average molecular weight is 304 g/mol. The Morgan fingerprint density at radius 1 is 1.33 bits per heavy atom. The zero-order valence-corrected chi connectivity index (χ0v) is 13.6. The molecular weight excluding hydrogens is 284 g/mol. The molecule has 4 nitrogen and oxygen atoms in total. The molecule has 112 valence electrons. The van der Waals surface area contributed by atoms with Crippen LogP contribution >= 0.6 is 11.3 Å². The van der Waals surface area contributed by atoms with Crippen molar-refractivity contribution in [2.75, 3.05) is 13.7 Å². The van der Waals surface area contributed by atoms with Crippen LogP contribution in [0.15, 0.2) is 29.6 Å². The van der Waals surface area contributed by atoms with E-state index in [1.54, 1.807) is 11.9 Å². The summed E-state index contributed by atoms with van der Waals surface area (Å²) < 4.78 is 5.42. The molecule has 1 heterocycles. The van der Waals surface area contributed by atoms with Gasteiger partial charge in [-0.15, -0.1) is 11.3 Å². The van der Waals surface area contributed by atoms with Crippen molar-refractivity contribution < 1.29 is 9.53 Å². The van der Waals surface area contributed by atoms with E-state index >= 15 is 0 Å². The Labute approximate surface area is 129 Å². The van der Waals surface area contributed by atoms with Crippen LogP contribution in [0.25, 0.3) is 10.6 Å². The lowest BCUT2D eigenvalue weighted by molar-refractivity contribution is 0.0750. The van der Waals surface area contributed by atoms with Crippen LogP contribution in [0, 0.1) is 0 Å². The first-order chi connectivity index (χ1) is 10.0. The Morgan fingerprint density at radius 3 is 2.57 bits per heavy atom. The number of amides is 1. The highest BCUT2D eigenvalue weighted by Crippen LogP contribution is 2.26. The molecule has 0 bridgehead atoms. The van der Waals surface area contributed by atoms with Crippen molar-refractivity contribution in [1.82, 2.24) is 9.88 Å². The van der Waals surface area contributed by atoms with E-state index in [1.165, 1.54) is 11.3 Å². The maximum atomic E-state index is 12.2. The van der Waals surface area contributed by atoms with E-state index in [4.69, 9.17) is 4.74 Å². The summed E-state index contributed by atoms with van der Waals surface area (Å²) >= 11 is 1.48. The van der Waals surface area contributed by atoms with Crippen molar-refractivity contribution in [3.05, 3.63) is 35.3 Å². The first-order valence-electron chi connectivity index (χ1n) is 6.98. The highest BCUT2D eigenvalue weighted by atomic mass is 32.1. The highest BCUT2D eigenvalue weighted by molar-refractivity contribution is 7.13. The zero-order valence-electron chi connectivity index (χ0n) is 12.8. The number of nitrogens with zero attached hydrogens (tertiary/aromatic N) is 2. The minimum Gasteiger partial charge on any atom is -0.494 e. The predicted molar refractivity (Wildman–Crippen MR) is 85.9 cm³/mol. The minimum absolute atomic E-state index is 0.0431. The van der Waals surface area contributed by atoms with Gasteiger partial charge in [-0.05, 0) is 45.0 Å². The quantitative estimate of drug-likeness (QED) is 0.846. The van der Waals surface area contributed by atoms with E-state index < -0.39 is 0 Å². The molecule has 2 aromatic rings. The van der Waals surface area contributed by atoms with Crippen molar-refractivity contribution in [2.45, 2.75) is 26.8 Å². The second-order valence-electron chi connectivity index (χ2n) is 5.01. The molecule has 0 atom stereocenters. The van der Waals surface area contributed by atoms with Gasteiger partial charge in [0.25, 0.3) is 5.91 Å². The van der Waals surface area contributed by atoms with Gasteiger partial charge in [-0.2, -0.15) is 0 Å². The normalized spacial score (nSPS) is 10.7. The second-order valence-corrected chi connectivity index (χ2v) is 5.86. The van der Waals surface area contributed by atoms with Gasteiger partial charge >= 0.3 is 0 Å². The largest absolute Gasteiger partial charge is 0.494 e. The zero-order chi connectivity index (χ0) is 15.4. The number of hydrogen-bond donors (Lipinski definition) is 0. The van der Waals surface area contributed by atoms with Gasteiger partial charge in [-0.25, -0.2) is 4.98 Å². The summed E-state index contributed by atoms with van der Waals surface area (Å²) in [5.41, 5.74) is 1.50. The summed E-state index contributed by atoms with van der Waals surface area (Å²) in [6.07, 6.45) is 0. The van der Waals surface area contributed by atoms with Crippen LogP contribution in [-0.2, 0) is 0 Å². The van der Waals surface area contributed by atoms with E-state index in [9.17, 15) is 4.79 Å². The lowest BCUT2D eigenvalue weighted by atomic mass is 10.2. The van der Waals surface area contributed by atoms with Crippen LogP contribution < -0.4 is 4.74 Å². The number of carbonyl (C=O) groups is 1. The fraction of sp³-hybridized carbons (Fsp3) is 0.375. The molecule has 21 heavy (non-hydrogen) atoms. The van der Waals surface area contributed by atoms with Gasteiger partial charge in [0.1, 0.15) is 16.5 Å². The summed E-state index contributed by atoms with van der Waals surface area (Å²) in [7, 11) is 1.79. The Hall–Kier alpha value is -1.88. The fourth-order valence-corrected chi connectivity index (χ4v) is 2.58. The van der Waals surface area contributed by atoms with Gasteiger partial charge in [-0.1, -0.05) is 0 Å². The van der Waals surface area contributed by atoms with E-state index in [1.807, 2.05) is 50.4 Å². The third kappa shape index (κ3) is 3.61. The summed E-state index contributed by atoms with van der Waals surface area (Å²) in [6.45, 7) is 6.57. The number of carbonyl (C=O) groups excluding carboxylic acids is 1. The van der Waals surface area contributed by atoms with Gasteiger partial charge in [-0.3, -0.25) is 4.79 Å². The average Bonchev–Trinajstić information content (AvgIpc) is 2.96. The van der Waals surface area contributed by atoms with Crippen molar-refractivity contribution in [3.63, 3.8) is 0 Å².